The Morgan fingerprint density at radius 2 is 1.89 bits per heavy atom. The Balaban J connectivity index is 2.39. The van der Waals surface area contributed by atoms with Crippen LogP contribution in [0.3, 0.4) is 0 Å². The molecule has 0 N–H and O–H groups in total. The maximum absolute atomic E-state index is 12.1. The number of halogens is 2. The first-order chi connectivity index (χ1) is 8.83. The monoisotopic (exact) mass is 320 g/mol. The molecule has 1 aromatic carbocycles. The van der Waals surface area contributed by atoms with E-state index in [1.54, 1.807) is 0 Å². The van der Waals surface area contributed by atoms with Crippen LogP contribution in [0.4, 0.5) is 0 Å². The van der Waals surface area contributed by atoms with Crippen LogP contribution in [-0.2, 0) is 9.84 Å². The third-order valence-electron chi connectivity index (χ3n) is 3.80. The van der Waals surface area contributed by atoms with E-state index in [0.29, 0.717) is 11.4 Å². The zero-order valence-corrected chi connectivity index (χ0v) is 13.4. The van der Waals surface area contributed by atoms with E-state index in [0.717, 1.165) is 29.5 Å². The standard InChI is InChI=1S/C14H18Cl2O2S/c1-9-8-12(15)10(2)7-11(9)14(16)13-5-3-4-6-19(13,17)18/h7-8,13-14H,3-6H2,1-2H3. The molecule has 106 valence electrons. The van der Waals surface area contributed by atoms with Crippen molar-refractivity contribution < 1.29 is 8.42 Å². The zero-order valence-electron chi connectivity index (χ0n) is 11.1. The summed E-state index contributed by atoms with van der Waals surface area (Å²) in [6.45, 7) is 3.83. The summed E-state index contributed by atoms with van der Waals surface area (Å²) >= 11 is 12.5. The largest absolute Gasteiger partial charge is 0.228 e. The Morgan fingerprint density at radius 1 is 1.21 bits per heavy atom. The Labute approximate surface area is 125 Å². The predicted octanol–water partition coefficient (Wildman–Crippen LogP) is 4.20. The molecule has 0 bridgehead atoms. The lowest BCUT2D eigenvalue weighted by Crippen LogP contribution is -2.32. The van der Waals surface area contributed by atoms with Crippen LogP contribution in [0.15, 0.2) is 12.1 Å². The summed E-state index contributed by atoms with van der Waals surface area (Å²) in [7, 11) is -3.08. The van der Waals surface area contributed by atoms with Gasteiger partial charge >= 0.3 is 0 Å². The molecule has 1 fully saturated rings. The summed E-state index contributed by atoms with van der Waals surface area (Å²) < 4.78 is 24.3. The highest BCUT2D eigenvalue weighted by Gasteiger charge is 2.36. The molecule has 0 aromatic heterocycles. The summed E-state index contributed by atoms with van der Waals surface area (Å²) in [5.74, 6) is 0.256. The second kappa shape index (κ2) is 5.63. The summed E-state index contributed by atoms with van der Waals surface area (Å²) in [4.78, 5) is 0. The van der Waals surface area contributed by atoms with Crippen molar-refractivity contribution in [3.63, 3.8) is 0 Å². The molecular formula is C14H18Cl2O2S. The molecular weight excluding hydrogens is 303 g/mol. The van der Waals surface area contributed by atoms with E-state index in [-0.39, 0.29) is 5.75 Å². The van der Waals surface area contributed by atoms with Gasteiger partial charge in [-0.15, -0.1) is 11.6 Å². The van der Waals surface area contributed by atoms with E-state index >= 15 is 0 Å². The first kappa shape index (κ1) is 15.1. The van der Waals surface area contributed by atoms with Gasteiger partial charge in [0.15, 0.2) is 9.84 Å². The predicted molar refractivity (Wildman–Crippen MR) is 80.9 cm³/mol. The van der Waals surface area contributed by atoms with Gasteiger partial charge in [0.25, 0.3) is 0 Å². The third-order valence-corrected chi connectivity index (χ3v) is 7.18. The van der Waals surface area contributed by atoms with Crippen molar-refractivity contribution in [1.82, 2.24) is 0 Å². The van der Waals surface area contributed by atoms with E-state index in [1.807, 2.05) is 26.0 Å². The van der Waals surface area contributed by atoms with Crippen LogP contribution in [-0.4, -0.2) is 19.4 Å². The Bertz CT molecular complexity index is 581. The van der Waals surface area contributed by atoms with Crippen LogP contribution in [0.5, 0.6) is 0 Å². The number of hydrogen-bond donors (Lipinski definition) is 0. The topological polar surface area (TPSA) is 34.1 Å². The first-order valence-corrected chi connectivity index (χ1v) is 8.98. The molecule has 1 heterocycles. The zero-order chi connectivity index (χ0) is 14.2. The number of hydrogen-bond acceptors (Lipinski definition) is 2. The van der Waals surface area contributed by atoms with Crippen molar-refractivity contribution >= 4 is 33.0 Å². The minimum atomic E-state index is -3.08. The number of rotatable bonds is 2. The summed E-state index contributed by atoms with van der Waals surface area (Å²) in [5.41, 5.74) is 2.77. The Kier molecular flexibility index (Phi) is 4.49. The average molecular weight is 321 g/mol. The first-order valence-electron chi connectivity index (χ1n) is 6.45. The van der Waals surface area contributed by atoms with Gasteiger partial charge in [-0.3, -0.25) is 0 Å². The highest BCUT2D eigenvalue weighted by Crippen LogP contribution is 2.38. The number of aryl methyl sites for hydroxylation is 2. The van der Waals surface area contributed by atoms with Crippen LogP contribution in [0, 0.1) is 13.8 Å². The molecule has 5 heteroatoms. The molecule has 0 saturated carbocycles. The molecule has 1 aliphatic rings. The maximum atomic E-state index is 12.1. The van der Waals surface area contributed by atoms with Gasteiger partial charge in [-0.1, -0.05) is 24.1 Å². The van der Waals surface area contributed by atoms with Crippen molar-refractivity contribution in [1.29, 1.82) is 0 Å². The molecule has 1 saturated heterocycles. The Morgan fingerprint density at radius 3 is 2.53 bits per heavy atom. The number of alkyl halides is 1. The van der Waals surface area contributed by atoms with Crippen LogP contribution >= 0.6 is 23.2 Å². The SMILES string of the molecule is Cc1cc(C(Cl)C2CCCCS2(=O)=O)c(C)cc1Cl. The van der Waals surface area contributed by atoms with Crippen molar-refractivity contribution in [2.45, 2.75) is 43.7 Å². The molecule has 19 heavy (non-hydrogen) atoms. The second-order valence-electron chi connectivity index (χ2n) is 5.26. The quantitative estimate of drug-likeness (QED) is 0.765. The van der Waals surface area contributed by atoms with Crippen LogP contribution in [0.1, 0.15) is 41.3 Å². The summed E-state index contributed by atoms with van der Waals surface area (Å²) in [6, 6.07) is 3.77. The van der Waals surface area contributed by atoms with E-state index in [2.05, 4.69) is 0 Å². The van der Waals surface area contributed by atoms with Crippen molar-refractivity contribution in [3.8, 4) is 0 Å². The van der Waals surface area contributed by atoms with Crippen molar-refractivity contribution in [3.05, 3.63) is 33.8 Å². The second-order valence-corrected chi connectivity index (χ2v) is 8.48. The van der Waals surface area contributed by atoms with E-state index in [1.165, 1.54) is 0 Å². The van der Waals surface area contributed by atoms with E-state index in [4.69, 9.17) is 23.2 Å². The van der Waals surface area contributed by atoms with Gasteiger partial charge in [0.2, 0.25) is 0 Å². The number of sulfone groups is 1. The maximum Gasteiger partial charge on any atom is 0.154 e. The molecule has 2 nitrogen and oxygen atoms in total. The van der Waals surface area contributed by atoms with Gasteiger partial charge < -0.3 is 0 Å². The molecule has 0 spiro atoms. The lowest BCUT2D eigenvalue weighted by atomic mass is 9.98. The highest BCUT2D eigenvalue weighted by molar-refractivity contribution is 7.92. The Hall–Kier alpha value is -0.250. The van der Waals surface area contributed by atoms with Gasteiger partial charge in [0.1, 0.15) is 0 Å². The average Bonchev–Trinajstić information content (AvgIpc) is 2.32. The number of benzene rings is 1. The van der Waals surface area contributed by atoms with Crippen LogP contribution in [0.2, 0.25) is 5.02 Å². The van der Waals surface area contributed by atoms with E-state index < -0.39 is 20.5 Å². The molecule has 0 radical (unpaired) electrons. The molecule has 2 unspecified atom stereocenters. The molecule has 0 aliphatic carbocycles. The van der Waals surface area contributed by atoms with Crippen molar-refractivity contribution in [2.75, 3.05) is 5.75 Å². The molecule has 1 aromatic rings. The van der Waals surface area contributed by atoms with Crippen molar-refractivity contribution in [2.24, 2.45) is 0 Å². The van der Waals surface area contributed by atoms with E-state index in [9.17, 15) is 8.42 Å². The lowest BCUT2D eigenvalue weighted by molar-refractivity contribution is 0.533. The third kappa shape index (κ3) is 3.09. The lowest BCUT2D eigenvalue weighted by Gasteiger charge is -2.27. The van der Waals surface area contributed by atoms with Crippen LogP contribution in [0.25, 0.3) is 0 Å². The van der Waals surface area contributed by atoms with Gasteiger partial charge in [0.05, 0.1) is 16.4 Å². The van der Waals surface area contributed by atoms with Gasteiger partial charge in [-0.25, -0.2) is 8.42 Å². The summed E-state index contributed by atoms with van der Waals surface area (Å²) in [5, 5.41) is -0.264. The minimum Gasteiger partial charge on any atom is -0.228 e. The molecule has 0 amide bonds. The summed E-state index contributed by atoms with van der Waals surface area (Å²) in [6.07, 6.45) is 2.33. The molecule has 2 rings (SSSR count). The van der Waals surface area contributed by atoms with Gasteiger partial charge in [0, 0.05) is 5.02 Å². The highest BCUT2D eigenvalue weighted by atomic mass is 35.5. The fraction of sp³-hybridized carbons (Fsp3) is 0.571. The molecule has 2 atom stereocenters. The van der Waals surface area contributed by atoms with Crippen LogP contribution < -0.4 is 0 Å². The van der Waals surface area contributed by atoms with Gasteiger partial charge in [-0.2, -0.15) is 0 Å². The normalized spacial score (nSPS) is 24.1. The smallest absolute Gasteiger partial charge is 0.154 e. The van der Waals surface area contributed by atoms with Gasteiger partial charge in [-0.05, 0) is 49.4 Å². The molecule has 1 aliphatic heterocycles. The fourth-order valence-corrected chi connectivity index (χ4v) is 5.60. The minimum absolute atomic E-state index is 0.256. The fourth-order valence-electron chi connectivity index (χ4n) is 2.61.